The van der Waals surface area contributed by atoms with Crippen molar-refractivity contribution < 1.29 is 4.74 Å². The summed E-state index contributed by atoms with van der Waals surface area (Å²) in [7, 11) is 0. The molecule has 1 unspecified atom stereocenters. The molecule has 1 aliphatic heterocycles. The van der Waals surface area contributed by atoms with Crippen LogP contribution < -0.4 is 5.32 Å². The number of morpholine rings is 1. The van der Waals surface area contributed by atoms with Crippen LogP contribution in [-0.2, 0) is 11.3 Å². The highest BCUT2D eigenvalue weighted by atomic mass is 35.5. The van der Waals surface area contributed by atoms with E-state index in [1.807, 2.05) is 12.1 Å². The van der Waals surface area contributed by atoms with Crippen LogP contribution in [0.5, 0.6) is 0 Å². The maximum Gasteiger partial charge on any atom is 0.0637 e. The number of rotatable bonds is 5. The molecule has 1 aromatic carbocycles. The molecule has 0 amide bonds. The number of ether oxygens (including phenoxy) is 1. The Bertz CT molecular complexity index is 465. The molecule has 1 N–H and O–H groups in total. The topological polar surface area (TPSA) is 24.5 Å². The second-order valence-electron chi connectivity index (χ2n) is 5.59. The van der Waals surface area contributed by atoms with Crippen LogP contribution in [0.2, 0.25) is 10.0 Å². The minimum Gasteiger partial charge on any atom is -0.378 e. The Morgan fingerprint density at radius 2 is 2.15 bits per heavy atom. The molecule has 2 aliphatic rings. The van der Waals surface area contributed by atoms with E-state index in [1.165, 1.54) is 12.8 Å². The molecule has 3 nitrogen and oxygen atoms in total. The van der Waals surface area contributed by atoms with Gasteiger partial charge in [0.15, 0.2) is 0 Å². The number of halogens is 2. The minimum absolute atomic E-state index is 0.416. The Kier molecular flexibility index (Phi) is 4.84. The Hall–Kier alpha value is -0.320. The van der Waals surface area contributed by atoms with Gasteiger partial charge in [-0.15, -0.1) is 0 Å². The highest BCUT2D eigenvalue weighted by Crippen LogP contribution is 2.27. The summed E-state index contributed by atoms with van der Waals surface area (Å²) in [5, 5.41) is 4.89. The van der Waals surface area contributed by atoms with Crippen molar-refractivity contribution >= 4 is 23.2 Å². The van der Waals surface area contributed by atoms with Crippen molar-refractivity contribution in [2.45, 2.75) is 31.5 Å². The first-order chi connectivity index (χ1) is 9.74. The normalized spacial score (nSPS) is 24.0. The Morgan fingerprint density at radius 3 is 2.95 bits per heavy atom. The third-order valence-corrected chi connectivity index (χ3v) is 4.83. The predicted molar refractivity (Wildman–Crippen MR) is 82.5 cm³/mol. The number of nitrogens with zero attached hydrogens (tertiary/aromatic N) is 1. The van der Waals surface area contributed by atoms with Crippen molar-refractivity contribution in [3.05, 3.63) is 33.8 Å². The highest BCUT2D eigenvalue weighted by molar-refractivity contribution is 6.42. The third-order valence-electron chi connectivity index (χ3n) is 3.97. The molecule has 1 saturated heterocycles. The molecule has 20 heavy (non-hydrogen) atoms. The van der Waals surface area contributed by atoms with E-state index in [4.69, 9.17) is 27.9 Å². The second kappa shape index (κ2) is 6.63. The van der Waals surface area contributed by atoms with Crippen LogP contribution in [0.3, 0.4) is 0 Å². The van der Waals surface area contributed by atoms with Crippen LogP contribution >= 0.6 is 23.2 Å². The largest absolute Gasteiger partial charge is 0.378 e. The van der Waals surface area contributed by atoms with E-state index in [9.17, 15) is 0 Å². The van der Waals surface area contributed by atoms with E-state index in [0.29, 0.717) is 16.1 Å². The molecule has 2 fully saturated rings. The van der Waals surface area contributed by atoms with Gasteiger partial charge in [-0.2, -0.15) is 0 Å². The lowest BCUT2D eigenvalue weighted by molar-refractivity contribution is -0.0110. The lowest BCUT2D eigenvalue weighted by Gasteiger charge is -2.36. The van der Waals surface area contributed by atoms with E-state index < -0.39 is 0 Å². The SMILES string of the molecule is Clc1cccc(CN2CCOCC2CNC2CC2)c1Cl. The first-order valence-electron chi connectivity index (χ1n) is 7.22. The van der Waals surface area contributed by atoms with Gasteiger partial charge in [0.25, 0.3) is 0 Å². The van der Waals surface area contributed by atoms with Gasteiger partial charge in [0.1, 0.15) is 0 Å². The van der Waals surface area contributed by atoms with Crippen molar-refractivity contribution in [3.8, 4) is 0 Å². The minimum atomic E-state index is 0.416. The molecule has 1 saturated carbocycles. The monoisotopic (exact) mass is 314 g/mol. The van der Waals surface area contributed by atoms with Crippen LogP contribution in [0, 0.1) is 0 Å². The van der Waals surface area contributed by atoms with Crippen LogP contribution in [-0.4, -0.2) is 43.3 Å². The molecule has 0 aromatic heterocycles. The summed E-state index contributed by atoms with van der Waals surface area (Å²) in [6, 6.07) is 6.99. The quantitative estimate of drug-likeness (QED) is 0.904. The molecule has 1 heterocycles. The summed E-state index contributed by atoms with van der Waals surface area (Å²) in [6.07, 6.45) is 2.63. The van der Waals surface area contributed by atoms with Gasteiger partial charge in [0, 0.05) is 31.7 Å². The first-order valence-corrected chi connectivity index (χ1v) is 7.97. The van der Waals surface area contributed by atoms with Crippen molar-refractivity contribution in [3.63, 3.8) is 0 Å². The predicted octanol–water partition coefficient (Wildman–Crippen LogP) is 2.95. The molecular formula is C15H20Cl2N2O. The van der Waals surface area contributed by atoms with E-state index in [2.05, 4.69) is 16.3 Å². The molecule has 5 heteroatoms. The molecular weight excluding hydrogens is 295 g/mol. The average molecular weight is 315 g/mol. The zero-order valence-electron chi connectivity index (χ0n) is 11.4. The van der Waals surface area contributed by atoms with Gasteiger partial charge in [0.2, 0.25) is 0 Å². The zero-order valence-corrected chi connectivity index (χ0v) is 13.0. The van der Waals surface area contributed by atoms with Gasteiger partial charge in [0.05, 0.1) is 23.3 Å². The second-order valence-corrected chi connectivity index (χ2v) is 6.38. The van der Waals surface area contributed by atoms with Crippen molar-refractivity contribution in [1.29, 1.82) is 0 Å². The van der Waals surface area contributed by atoms with Gasteiger partial charge >= 0.3 is 0 Å². The summed E-state index contributed by atoms with van der Waals surface area (Å²) in [6.45, 7) is 4.35. The summed E-state index contributed by atoms with van der Waals surface area (Å²) in [4.78, 5) is 2.44. The average Bonchev–Trinajstić information content (AvgIpc) is 3.27. The molecule has 0 bridgehead atoms. The van der Waals surface area contributed by atoms with Gasteiger partial charge in [-0.1, -0.05) is 35.3 Å². The van der Waals surface area contributed by atoms with Crippen LogP contribution in [0.1, 0.15) is 18.4 Å². The molecule has 1 aliphatic carbocycles. The summed E-state index contributed by atoms with van der Waals surface area (Å²) >= 11 is 12.4. The summed E-state index contributed by atoms with van der Waals surface area (Å²) in [5.74, 6) is 0. The van der Waals surface area contributed by atoms with Crippen LogP contribution in [0.15, 0.2) is 18.2 Å². The maximum absolute atomic E-state index is 6.29. The highest BCUT2D eigenvalue weighted by Gasteiger charge is 2.27. The van der Waals surface area contributed by atoms with E-state index in [1.54, 1.807) is 0 Å². The fraction of sp³-hybridized carbons (Fsp3) is 0.600. The number of benzene rings is 1. The fourth-order valence-corrected chi connectivity index (χ4v) is 2.94. The van der Waals surface area contributed by atoms with Crippen molar-refractivity contribution in [2.24, 2.45) is 0 Å². The molecule has 1 atom stereocenters. The Labute approximate surface area is 130 Å². The Balaban J connectivity index is 1.64. The molecule has 110 valence electrons. The summed E-state index contributed by atoms with van der Waals surface area (Å²) < 4.78 is 5.62. The molecule has 0 spiro atoms. The smallest absolute Gasteiger partial charge is 0.0637 e. The number of nitrogens with one attached hydrogen (secondary N) is 1. The Morgan fingerprint density at radius 1 is 1.30 bits per heavy atom. The third kappa shape index (κ3) is 3.66. The van der Waals surface area contributed by atoms with Gasteiger partial charge in [-0.05, 0) is 24.5 Å². The maximum atomic E-state index is 6.29. The van der Waals surface area contributed by atoms with E-state index in [-0.39, 0.29) is 0 Å². The van der Waals surface area contributed by atoms with Crippen LogP contribution in [0.25, 0.3) is 0 Å². The lowest BCUT2D eigenvalue weighted by Crippen LogP contribution is -2.50. The standard InChI is InChI=1S/C15H20Cl2N2O/c16-14-3-1-2-11(15(14)17)9-19-6-7-20-10-13(19)8-18-12-4-5-12/h1-3,12-13,18H,4-10H2. The van der Waals surface area contributed by atoms with Gasteiger partial charge < -0.3 is 10.1 Å². The number of hydrogen-bond donors (Lipinski definition) is 1. The number of hydrogen-bond acceptors (Lipinski definition) is 3. The fourth-order valence-electron chi connectivity index (χ4n) is 2.56. The van der Waals surface area contributed by atoms with Crippen molar-refractivity contribution in [1.82, 2.24) is 10.2 Å². The lowest BCUT2D eigenvalue weighted by atomic mass is 10.1. The zero-order chi connectivity index (χ0) is 13.9. The van der Waals surface area contributed by atoms with Gasteiger partial charge in [-0.3, -0.25) is 4.90 Å². The molecule has 1 aromatic rings. The van der Waals surface area contributed by atoms with E-state index in [0.717, 1.165) is 44.5 Å². The van der Waals surface area contributed by atoms with E-state index >= 15 is 0 Å². The first kappa shape index (κ1) is 14.6. The molecule has 3 rings (SSSR count). The molecule has 0 radical (unpaired) electrons. The summed E-state index contributed by atoms with van der Waals surface area (Å²) in [5.41, 5.74) is 1.09. The van der Waals surface area contributed by atoms with Crippen LogP contribution in [0.4, 0.5) is 0 Å². The van der Waals surface area contributed by atoms with Crippen molar-refractivity contribution in [2.75, 3.05) is 26.3 Å². The van der Waals surface area contributed by atoms with Gasteiger partial charge in [-0.25, -0.2) is 0 Å².